The van der Waals surface area contributed by atoms with Crippen LogP contribution in [0.2, 0.25) is 10.0 Å². The van der Waals surface area contributed by atoms with Gasteiger partial charge in [0.15, 0.2) is 6.61 Å². The summed E-state index contributed by atoms with van der Waals surface area (Å²) in [6.07, 6.45) is 0.809. The van der Waals surface area contributed by atoms with Crippen molar-refractivity contribution in [3.8, 4) is 5.75 Å². The Morgan fingerprint density at radius 3 is 2.41 bits per heavy atom. The van der Waals surface area contributed by atoms with Crippen LogP contribution < -0.4 is 10.1 Å². The number of hydrogen-bond acceptors (Lipinski definition) is 3. The molecule has 2 aromatic carbocycles. The van der Waals surface area contributed by atoms with Crippen molar-refractivity contribution >= 4 is 35.0 Å². The summed E-state index contributed by atoms with van der Waals surface area (Å²) in [5.41, 5.74) is 0.925. The largest absolute Gasteiger partial charge is 0.482 e. The van der Waals surface area contributed by atoms with E-state index in [2.05, 4.69) is 5.32 Å². The van der Waals surface area contributed by atoms with Gasteiger partial charge in [-0.15, -0.1) is 0 Å². The Kier molecular flexibility index (Phi) is 8.80. The lowest BCUT2D eigenvalue weighted by atomic mass is 10.1. The molecule has 2 atom stereocenters. The minimum Gasteiger partial charge on any atom is -0.482 e. The average Bonchev–Trinajstić information content (AvgIpc) is 2.71. The van der Waals surface area contributed by atoms with Gasteiger partial charge in [0.1, 0.15) is 11.8 Å². The van der Waals surface area contributed by atoms with Crippen LogP contribution in [0.1, 0.15) is 32.8 Å². The van der Waals surface area contributed by atoms with E-state index in [-0.39, 0.29) is 24.5 Å². The van der Waals surface area contributed by atoms with Gasteiger partial charge in [-0.2, -0.15) is 0 Å². The Morgan fingerprint density at radius 2 is 1.79 bits per heavy atom. The van der Waals surface area contributed by atoms with Gasteiger partial charge in [0.25, 0.3) is 5.91 Å². The minimum atomic E-state index is -0.652. The van der Waals surface area contributed by atoms with Crippen molar-refractivity contribution in [2.45, 2.75) is 45.8 Å². The van der Waals surface area contributed by atoms with Crippen molar-refractivity contribution in [2.75, 3.05) is 6.61 Å². The van der Waals surface area contributed by atoms with Gasteiger partial charge in [-0.05, 0) is 44.0 Å². The van der Waals surface area contributed by atoms with Gasteiger partial charge < -0.3 is 15.0 Å². The molecule has 0 aliphatic rings. The quantitative estimate of drug-likeness (QED) is 0.619. The van der Waals surface area contributed by atoms with E-state index in [0.717, 1.165) is 12.0 Å². The maximum absolute atomic E-state index is 13.0. The summed E-state index contributed by atoms with van der Waals surface area (Å²) in [5, 5.41) is 3.73. The first-order valence-electron chi connectivity index (χ1n) is 9.53. The van der Waals surface area contributed by atoms with E-state index in [4.69, 9.17) is 27.9 Å². The molecular weight excluding hydrogens is 411 g/mol. The van der Waals surface area contributed by atoms with E-state index in [9.17, 15) is 9.59 Å². The number of ether oxygens (including phenoxy) is 1. The van der Waals surface area contributed by atoms with Crippen LogP contribution in [0.4, 0.5) is 0 Å². The lowest BCUT2D eigenvalue weighted by molar-refractivity contribution is -0.142. The smallest absolute Gasteiger partial charge is 0.261 e. The summed E-state index contributed by atoms with van der Waals surface area (Å²) in [6.45, 7) is 5.70. The highest BCUT2D eigenvalue weighted by atomic mass is 35.5. The third-order valence-corrected chi connectivity index (χ3v) is 5.14. The van der Waals surface area contributed by atoms with Gasteiger partial charge in [0.05, 0.1) is 5.02 Å². The molecule has 7 heteroatoms. The Bertz CT molecular complexity index is 830. The van der Waals surface area contributed by atoms with Crippen molar-refractivity contribution in [1.82, 2.24) is 10.2 Å². The predicted octanol–water partition coefficient (Wildman–Crippen LogP) is 4.70. The first-order chi connectivity index (χ1) is 13.8. The molecule has 29 heavy (non-hydrogen) atoms. The van der Waals surface area contributed by atoms with Crippen LogP contribution >= 0.6 is 23.2 Å². The fraction of sp³-hybridized carbons (Fsp3) is 0.364. The number of hydrogen-bond donors (Lipinski definition) is 1. The summed E-state index contributed by atoms with van der Waals surface area (Å²) in [6, 6.07) is 13.7. The molecule has 0 saturated carbocycles. The van der Waals surface area contributed by atoms with E-state index in [0.29, 0.717) is 22.3 Å². The Balaban J connectivity index is 2.14. The third-order valence-electron chi connectivity index (χ3n) is 4.61. The second-order valence-electron chi connectivity index (χ2n) is 6.86. The zero-order valence-corrected chi connectivity index (χ0v) is 18.3. The normalized spacial score (nSPS) is 12.7. The van der Waals surface area contributed by atoms with Gasteiger partial charge in [-0.3, -0.25) is 9.59 Å². The summed E-state index contributed by atoms with van der Waals surface area (Å²) < 4.78 is 5.59. The van der Waals surface area contributed by atoms with E-state index in [1.54, 1.807) is 25.1 Å². The van der Waals surface area contributed by atoms with E-state index in [1.165, 1.54) is 4.90 Å². The van der Waals surface area contributed by atoms with Gasteiger partial charge in [0.2, 0.25) is 5.91 Å². The first kappa shape index (κ1) is 23.0. The molecule has 0 aliphatic carbocycles. The number of halogens is 2. The van der Waals surface area contributed by atoms with Crippen LogP contribution in [0, 0.1) is 0 Å². The van der Waals surface area contributed by atoms with Crippen molar-refractivity contribution in [3.05, 3.63) is 64.1 Å². The van der Waals surface area contributed by atoms with E-state index >= 15 is 0 Å². The van der Waals surface area contributed by atoms with Crippen molar-refractivity contribution in [2.24, 2.45) is 0 Å². The average molecular weight is 437 g/mol. The molecule has 0 radical (unpaired) electrons. The standard InChI is InChI=1S/C22H26Cl2N2O3/c1-4-15(2)25-22(28)16(3)26(13-17-8-6-5-7-9-17)21(27)14-29-20-11-10-18(23)12-19(20)24/h5-12,15-16H,4,13-14H2,1-3H3,(H,25,28)/t15-,16-/m0/s1. The zero-order chi connectivity index (χ0) is 21.4. The Morgan fingerprint density at radius 1 is 1.10 bits per heavy atom. The van der Waals surface area contributed by atoms with Crippen LogP contribution in [0.25, 0.3) is 0 Å². The molecule has 2 aromatic rings. The fourth-order valence-electron chi connectivity index (χ4n) is 2.64. The molecule has 2 rings (SSSR count). The number of nitrogens with zero attached hydrogens (tertiary/aromatic N) is 1. The maximum Gasteiger partial charge on any atom is 0.261 e. The molecule has 0 saturated heterocycles. The molecule has 0 aromatic heterocycles. The fourth-order valence-corrected chi connectivity index (χ4v) is 3.11. The first-order valence-corrected chi connectivity index (χ1v) is 10.3. The minimum absolute atomic E-state index is 0.0303. The van der Waals surface area contributed by atoms with Crippen LogP contribution in [-0.4, -0.2) is 35.4 Å². The van der Waals surface area contributed by atoms with Crippen LogP contribution in [0.15, 0.2) is 48.5 Å². The van der Waals surface area contributed by atoms with Crippen LogP contribution in [0.3, 0.4) is 0 Å². The maximum atomic E-state index is 13.0. The lowest BCUT2D eigenvalue weighted by Crippen LogP contribution is -2.50. The molecule has 5 nitrogen and oxygen atoms in total. The number of carbonyl (C=O) groups is 2. The van der Waals surface area contributed by atoms with E-state index < -0.39 is 6.04 Å². The molecule has 0 fully saturated rings. The third kappa shape index (κ3) is 6.94. The van der Waals surface area contributed by atoms with Gasteiger partial charge >= 0.3 is 0 Å². The lowest BCUT2D eigenvalue weighted by Gasteiger charge is -2.29. The van der Waals surface area contributed by atoms with E-state index in [1.807, 2.05) is 44.2 Å². The highest BCUT2D eigenvalue weighted by molar-refractivity contribution is 6.35. The van der Waals surface area contributed by atoms with Gasteiger partial charge in [-0.1, -0.05) is 60.5 Å². The summed E-state index contributed by atoms with van der Waals surface area (Å²) in [4.78, 5) is 27.1. The molecular formula is C22H26Cl2N2O3. The SMILES string of the molecule is CC[C@H](C)NC(=O)[C@H](C)N(Cc1ccccc1)C(=O)COc1ccc(Cl)cc1Cl. The number of rotatable bonds is 9. The summed E-state index contributed by atoms with van der Waals surface area (Å²) >= 11 is 12.0. The predicted molar refractivity (Wildman–Crippen MR) is 116 cm³/mol. The number of nitrogens with one attached hydrogen (secondary N) is 1. The zero-order valence-electron chi connectivity index (χ0n) is 16.8. The second kappa shape index (κ2) is 11.1. The molecule has 156 valence electrons. The Labute approximate surface area is 181 Å². The topological polar surface area (TPSA) is 58.6 Å². The number of carbonyl (C=O) groups excluding carboxylic acids is 2. The molecule has 1 N–H and O–H groups in total. The molecule has 0 heterocycles. The highest BCUT2D eigenvalue weighted by Crippen LogP contribution is 2.27. The van der Waals surface area contributed by atoms with Crippen LogP contribution in [0.5, 0.6) is 5.75 Å². The van der Waals surface area contributed by atoms with Crippen molar-refractivity contribution < 1.29 is 14.3 Å². The van der Waals surface area contributed by atoms with Crippen molar-refractivity contribution in [3.63, 3.8) is 0 Å². The molecule has 0 spiro atoms. The molecule has 2 amide bonds. The molecule has 0 bridgehead atoms. The van der Waals surface area contributed by atoms with Crippen molar-refractivity contribution in [1.29, 1.82) is 0 Å². The molecule has 0 aliphatic heterocycles. The molecule has 0 unspecified atom stereocenters. The number of benzene rings is 2. The Hall–Kier alpha value is -2.24. The van der Waals surface area contributed by atoms with Gasteiger partial charge in [-0.25, -0.2) is 0 Å². The second-order valence-corrected chi connectivity index (χ2v) is 7.71. The van der Waals surface area contributed by atoms with Crippen LogP contribution in [-0.2, 0) is 16.1 Å². The number of amides is 2. The summed E-state index contributed by atoms with van der Waals surface area (Å²) in [5.74, 6) is -0.152. The van der Waals surface area contributed by atoms with Gasteiger partial charge in [0, 0.05) is 17.6 Å². The highest BCUT2D eigenvalue weighted by Gasteiger charge is 2.27. The summed E-state index contributed by atoms with van der Waals surface area (Å²) in [7, 11) is 0. The monoisotopic (exact) mass is 436 g/mol.